The van der Waals surface area contributed by atoms with Crippen molar-refractivity contribution in [3.63, 3.8) is 0 Å². The quantitative estimate of drug-likeness (QED) is 0.583. The van der Waals surface area contributed by atoms with Crippen LogP contribution < -0.4 is 10.6 Å². The number of hydrogen-bond donors (Lipinski definition) is 2. The summed E-state index contributed by atoms with van der Waals surface area (Å²) in [6, 6.07) is 17.0. The number of amides is 1. The van der Waals surface area contributed by atoms with Crippen molar-refractivity contribution in [3.05, 3.63) is 59.7 Å². The van der Waals surface area contributed by atoms with E-state index in [1.54, 1.807) is 0 Å². The van der Waals surface area contributed by atoms with Crippen molar-refractivity contribution in [3.8, 4) is 0 Å². The first-order chi connectivity index (χ1) is 14.6. The van der Waals surface area contributed by atoms with Gasteiger partial charge in [-0.05, 0) is 55.3 Å². The number of anilines is 2. The molecule has 1 heterocycles. The average molecular weight is 409 g/mol. The standard InChI is InChI=1S/C25H36N4O/c1-3-4-5-6-21-7-11-23(12-8-21)27-24-13-9-22(10-14-24)19-26-25(30)20-29-17-15-28(2)16-18-29/h7-14,27H,3-6,15-20H2,1-2H3,(H,26,30). The van der Waals surface area contributed by atoms with E-state index in [0.29, 0.717) is 13.1 Å². The molecule has 30 heavy (non-hydrogen) atoms. The van der Waals surface area contributed by atoms with Crippen LogP contribution in [0.3, 0.4) is 0 Å². The smallest absolute Gasteiger partial charge is 0.234 e. The third-order valence-electron chi connectivity index (χ3n) is 5.72. The van der Waals surface area contributed by atoms with Crippen molar-refractivity contribution >= 4 is 17.3 Å². The van der Waals surface area contributed by atoms with Crippen molar-refractivity contribution in [1.29, 1.82) is 0 Å². The molecule has 3 rings (SSSR count). The van der Waals surface area contributed by atoms with Crippen LogP contribution in [-0.2, 0) is 17.8 Å². The van der Waals surface area contributed by atoms with Crippen LogP contribution in [0.15, 0.2) is 48.5 Å². The highest BCUT2D eigenvalue weighted by Gasteiger charge is 2.16. The second-order valence-electron chi connectivity index (χ2n) is 8.33. The minimum Gasteiger partial charge on any atom is -0.356 e. The molecule has 0 radical (unpaired) electrons. The zero-order chi connectivity index (χ0) is 21.2. The molecule has 2 N–H and O–H groups in total. The number of piperazine rings is 1. The molecule has 0 spiro atoms. The molecule has 5 nitrogen and oxygen atoms in total. The predicted molar refractivity (Wildman–Crippen MR) is 125 cm³/mol. The lowest BCUT2D eigenvalue weighted by molar-refractivity contribution is -0.122. The molecule has 1 fully saturated rings. The number of carbonyl (C=O) groups is 1. The first kappa shape index (κ1) is 22.3. The van der Waals surface area contributed by atoms with Gasteiger partial charge < -0.3 is 15.5 Å². The topological polar surface area (TPSA) is 47.6 Å². The van der Waals surface area contributed by atoms with Crippen LogP contribution in [0.5, 0.6) is 0 Å². The van der Waals surface area contributed by atoms with Crippen LogP contribution >= 0.6 is 0 Å². The molecule has 0 atom stereocenters. The van der Waals surface area contributed by atoms with Crippen LogP contribution in [-0.4, -0.2) is 55.5 Å². The van der Waals surface area contributed by atoms with E-state index in [4.69, 9.17) is 0 Å². The fraction of sp³-hybridized carbons (Fsp3) is 0.480. The Hall–Kier alpha value is -2.37. The zero-order valence-electron chi connectivity index (χ0n) is 18.5. The Morgan fingerprint density at radius 1 is 0.867 bits per heavy atom. The molecular weight excluding hydrogens is 372 g/mol. The van der Waals surface area contributed by atoms with Crippen LogP contribution in [0.4, 0.5) is 11.4 Å². The SMILES string of the molecule is CCCCCc1ccc(Nc2ccc(CNC(=O)CN3CCN(C)CC3)cc2)cc1. The Kier molecular flexibility index (Phi) is 8.72. The van der Waals surface area contributed by atoms with Gasteiger partial charge in [0.15, 0.2) is 0 Å². The molecular formula is C25H36N4O. The molecule has 2 aromatic carbocycles. The maximum absolute atomic E-state index is 12.2. The summed E-state index contributed by atoms with van der Waals surface area (Å²) in [6.45, 7) is 7.28. The molecule has 1 saturated heterocycles. The summed E-state index contributed by atoms with van der Waals surface area (Å²) < 4.78 is 0. The zero-order valence-corrected chi connectivity index (χ0v) is 18.5. The number of unbranched alkanes of at least 4 members (excludes halogenated alkanes) is 2. The average Bonchev–Trinajstić information content (AvgIpc) is 2.76. The van der Waals surface area contributed by atoms with Gasteiger partial charge in [0.05, 0.1) is 6.54 Å². The van der Waals surface area contributed by atoms with E-state index in [1.165, 1.54) is 24.8 Å². The van der Waals surface area contributed by atoms with Crippen molar-refractivity contribution in [2.24, 2.45) is 0 Å². The molecule has 0 aromatic heterocycles. The van der Waals surface area contributed by atoms with Gasteiger partial charge in [0.2, 0.25) is 5.91 Å². The van der Waals surface area contributed by atoms with Gasteiger partial charge in [-0.15, -0.1) is 0 Å². The van der Waals surface area contributed by atoms with Gasteiger partial charge in [0.25, 0.3) is 0 Å². The van der Waals surface area contributed by atoms with Crippen molar-refractivity contribution < 1.29 is 4.79 Å². The second-order valence-corrected chi connectivity index (χ2v) is 8.33. The van der Waals surface area contributed by atoms with Crippen LogP contribution in [0.25, 0.3) is 0 Å². The van der Waals surface area contributed by atoms with Gasteiger partial charge in [-0.2, -0.15) is 0 Å². The van der Waals surface area contributed by atoms with E-state index in [2.05, 4.69) is 82.9 Å². The first-order valence-corrected chi connectivity index (χ1v) is 11.2. The highest BCUT2D eigenvalue weighted by atomic mass is 16.2. The number of hydrogen-bond acceptors (Lipinski definition) is 4. The van der Waals surface area contributed by atoms with Crippen molar-refractivity contribution in [2.45, 2.75) is 39.2 Å². The molecule has 162 valence electrons. The Balaban J connectivity index is 1.40. The van der Waals surface area contributed by atoms with Gasteiger partial charge in [0, 0.05) is 44.1 Å². The molecule has 0 aliphatic carbocycles. The van der Waals surface area contributed by atoms with E-state index >= 15 is 0 Å². The summed E-state index contributed by atoms with van der Waals surface area (Å²) in [7, 11) is 2.12. The second kappa shape index (κ2) is 11.7. The highest BCUT2D eigenvalue weighted by molar-refractivity contribution is 5.78. The van der Waals surface area contributed by atoms with E-state index in [0.717, 1.165) is 49.5 Å². The maximum Gasteiger partial charge on any atom is 0.234 e. The fourth-order valence-corrected chi connectivity index (χ4v) is 3.67. The number of carbonyl (C=O) groups excluding carboxylic acids is 1. The van der Waals surface area contributed by atoms with E-state index < -0.39 is 0 Å². The molecule has 5 heteroatoms. The van der Waals surface area contributed by atoms with Gasteiger partial charge in [-0.25, -0.2) is 0 Å². The summed E-state index contributed by atoms with van der Waals surface area (Å²) in [5, 5.41) is 6.49. The minimum atomic E-state index is 0.0979. The minimum absolute atomic E-state index is 0.0979. The maximum atomic E-state index is 12.2. The monoisotopic (exact) mass is 408 g/mol. The van der Waals surface area contributed by atoms with Crippen LogP contribution in [0.2, 0.25) is 0 Å². The number of nitrogens with one attached hydrogen (secondary N) is 2. The van der Waals surface area contributed by atoms with Gasteiger partial charge in [0.1, 0.15) is 0 Å². The fourth-order valence-electron chi connectivity index (χ4n) is 3.67. The van der Waals surface area contributed by atoms with Gasteiger partial charge in [-0.1, -0.05) is 44.0 Å². The number of aryl methyl sites for hydroxylation is 1. The van der Waals surface area contributed by atoms with E-state index in [9.17, 15) is 4.79 Å². The molecule has 0 bridgehead atoms. The number of rotatable bonds is 10. The Morgan fingerprint density at radius 3 is 2.07 bits per heavy atom. The number of likely N-dealkylation sites (N-methyl/N-ethyl adjacent to an activating group) is 1. The molecule has 1 aliphatic rings. The summed E-state index contributed by atoms with van der Waals surface area (Å²) in [4.78, 5) is 16.7. The van der Waals surface area contributed by atoms with Crippen LogP contribution in [0.1, 0.15) is 37.3 Å². The largest absolute Gasteiger partial charge is 0.356 e. The van der Waals surface area contributed by atoms with Crippen molar-refractivity contribution in [2.75, 3.05) is 45.1 Å². The summed E-state index contributed by atoms with van der Waals surface area (Å²) >= 11 is 0. The Bertz CT molecular complexity index is 765. The highest BCUT2D eigenvalue weighted by Crippen LogP contribution is 2.18. The number of nitrogens with zero attached hydrogens (tertiary/aromatic N) is 2. The lowest BCUT2D eigenvalue weighted by atomic mass is 10.1. The van der Waals surface area contributed by atoms with Gasteiger partial charge >= 0.3 is 0 Å². The molecule has 2 aromatic rings. The van der Waals surface area contributed by atoms with Crippen LogP contribution in [0, 0.1) is 0 Å². The molecule has 0 unspecified atom stereocenters. The molecule has 0 saturated carbocycles. The lowest BCUT2D eigenvalue weighted by Crippen LogP contribution is -2.48. The Labute approximate surface area is 181 Å². The third-order valence-corrected chi connectivity index (χ3v) is 5.72. The summed E-state index contributed by atoms with van der Waals surface area (Å²) in [5.41, 5.74) is 4.67. The summed E-state index contributed by atoms with van der Waals surface area (Å²) in [5.74, 6) is 0.0979. The lowest BCUT2D eigenvalue weighted by Gasteiger charge is -2.31. The summed E-state index contributed by atoms with van der Waals surface area (Å²) in [6.07, 6.45) is 4.97. The van der Waals surface area contributed by atoms with Gasteiger partial charge in [-0.3, -0.25) is 9.69 Å². The Morgan fingerprint density at radius 2 is 1.47 bits per heavy atom. The molecule has 1 amide bonds. The van der Waals surface area contributed by atoms with E-state index in [-0.39, 0.29) is 5.91 Å². The van der Waals surface area contributed by atoms with E-state index in [1.807, 2.05) is 0 Å². The van der Waals surface area contributed by atoms with Crippen molar-refractivity contribution in [1.82, 2.24) is 15.1 Å². The first-order valence-electron chi connectivity index (χ1n) is 11.2. The third kappa shape index (κ3) is 7.47. The normalized spacial score (nSPS) is 15.1. The predicted octanol–water partition coefficient (Wildman–Crippen LogP) is 4.03. The number of benzene rings is 2. The molecule has 1 aliphatic heterocycles.